The van der Waals surface area contributed by atoms with E-state index in [1.165, 1.54) is 27.3 Å². The Morgan fingerprint density at radius 3 is 2.70 bits per heavy atom. The smallest absolute Gasteiger partial charge is 0.326 e. The number of nitrogens with zero attached hydrogens (tertiary/aromatic N) is 7. The summed E-state index contributed by atoms with van der Waals surface area (Å²) < 4.78 is 8.04. The first-order chi connectivity index (χ1) is 30.0. The van der Waals surface area contributed by atoms with Crippen LogP contribution in [0.5, 0.6) is 0 Å². The zero-order valence-electron chi connectivity index (χ0n) is 37.8. The van der Waals surface area contributed by atoms with Crippen LogP contribution in [0.2, 0.25) is 0 Å². The van der Waals surface area contributed by atoms with Gasteiger partial charge in [0.05, 0.1) is 33.3 Å². The number of methoxy groups -OCH3 is 1. The van der Waals surface area contributed by atoms with Crippen molar-refractivity contribution in [2.24, 2.45) is 29.3 Å². The number of nitrogens with one attached hydrogen (secondary N) is 2. The molecular weight excluding hydrogens is 823 g/mol. The lowest BCUT2D eigenvalue weighted by Gasteiger charge is -2.35. The number of carbonyl (C=O) groups excluding carboxylic acids is 4. The van der Waals surface area contributed by atoms with E-state index in [1.807, 2.05) is 32.4 Å². The zero-order chi connectivity index (χ0) is 45.3. The normalized spacial score (nSPS) is 22.8. The number of aliphatic imine (C=N–C) groups is 1. The predicted octanol–water partition coefficient (Wildman–Crippen LogP) is 5.20. The molecule has 4 amide bonds. The SMILES string of the molecule is C=CC(=O)N1CC[C@H](C(=O)N(C)[C@H](C(=O)N[C@H]2Cc3nc(cs3)-c3ccc4c(c3)c(c(C3=C([C@H](C)OC)N=CCC3)n4C)CC(C)(C)CO[N+](=O)[C@@H]3CCCN(N3)C2=O)C(C)C)C1. The van der Waals surface area contributed by atoms with Gasteiger partial charge in [0, 0.05) is 98.4 Å². The number of carbonyl (C=O) groups is 4. The first-order valence-electron chi connectivity index (χ1n) is 22.0. The molecule has 2 saturated heterocycles. The van der Waals surface area contributed by atoms with Crippen molar-refractivity contribution in [2.75, 3.05) is 40.4 Å². The highest BCUT2D eigenvalue weighted by Crippen LogP contribution is 2.41. The molecule has 17 heteroatoms. The predicted molar refractivity (Wildman–Crippen MR) is 242 cm³/mol. The van der Waals surface area contributed by atoms with Crippen LogP contribution in [0.4, 0.5) is 0 Å². The number of thiazole rings is 1. The van der Waals surface area contributed by atoms with Crippen molar-refractivity contribution < 1.29 is 33.7 Å². The molecule has 2 aromatic heterocycles. The maximum absolute atomic E-state index is 14.6. The van der Waals surface area contributed by atoms with Gasteiger partial charge < -0.3 is 24.4 Å². The third kappa shape index (κ3) is 9.51. The first-order valence-corrected chi connectivity index (χ1v) is 22.9. The standard InChI is InChI=1S/C46H61N9O7S/c1-10-39(56)53-20-17-30(24-53)44(58)52(8)41(27(2)3)43(57)49-34-22-38-48-35(25-63-38)29-15-16-36-32(21-29)33(42(51(36)7)31-13-11-18-47-40(31)28(4)61-9)23-46(5,6)26-62-55(60)37-14-12-19-54(50-37)45(34)59/h10,15-16,18,21,25,27-28,30,34,37,41,50H,1,11-14,17,19-20,22-24,26H2,2-9H3/p+1/t28-,30-,34-,37+,41-/m0/s1. The second-order valence-electron chi connectivity index (χ2n) is 18.4. The number of likely N-dealkylation sites (tertiary alicyclic amines) is 1. The van der Waals surface area contributed by atoms with Crippen molar-refractivity contribution in [2.45, 2.75) is 104 Å². The van der Waals surface area contributed by atoms with Crippen LogP contribution >= 0.6 is 11.3 Å². The Bertz CT molecular complexity index is 2350. The Morgan fingerprint density at radius 1 is 1.19 bits per heavy atom. The van der Waals surface area contributed by atoms with Crippen molar-refractivity contribution in [3.05, 3.63) is 63.1 Å². The molecule has 0 aliphatic carbocycles. The van der Waals surface area contributed by atoms with Gasteiger partial charge in [-0.25, -0.2) is 9.82 Å². The summed E-state index contributed by atoms with van der Waals surface area (Å²) in [4.78, 5) is 88.3. The van der Waals surface area contributed by atoms with Crippen LogP contribution in [0.3, 0.4) is 0 Å². The summed E-state index contributed by atoms with van der Waals surface area (Å²) in [6, 6.07) is 4.34. The van der Waals surface area contributed by atoms with E-state index in [0.717, 1.165) is 57.5 Å². The fourth-order valence-electron chi connectivity index (χ4n) is 9.46. The summed E-state index contributed by atoms with van der Waals surface area (Å²) in [6.45, 7) is 14.5. The number of likely N-dealkylation sites (N-methyl/N-ethyl adjacent to an activating group) is 1. The van der Waals surface area contributed by atoms with E-state index in [0.29, 0.717) is 48.7 Å². The van der Waals surface area contributed by atoms with Gasteiger partial charge >= 0.3 is 6.17 Å². The molecule has 5 atom stereocenters. The van der Waals surface area contributed by atoms with Crippen LogP contribution < -0.4 is 10.7 Å². The van der Waals surface area contributed by atoms with Crippen LogP contribution in [-0.4, -0.2) is 124 Å². The van der Waals surface area contributed by atoms with E-state index in [4.69, 9.17) is 19.6 Å². The number of amides is 4. The molecule has 3 aromatic rings. The zero-order valence-corrected chi connectivity index (χ0v) is 38.6. The maximum Gasteiger partial charge on any atom is 0.326 e. The van der Waals surface area contributed by atoms with E-state index in [9.17, 15) is 24.1 Å². The highest BCUT2D eigenvalue weighted by Gasteiger charge is 2.42. The molecular formula is C46H62N9O7S+. The molecule has 16 nitrogen and oxygen atoms in total. The molecule has 0 saturated carbocycles. The van der Waals surface area contributed by atoms with Gasteiger partial charge in [0.1, 0.15) is 12.1 Å². The van der Waals surface area contributed by atoms with Crippen molar-refractivity contribution in [3.8, 4) is 11.3 Å². The van der Waals surface area contributed by atoms with Gasteiger partial charge in [-0.2, -0.15) is 5.43 Å². The van der Waals surface area contributed by atoms with Gasteiger partial charge in [-0.3, -0.25) is 29.2 Å². The lowest BCUT2D eigenvalue weighted by molar-refractivity contribution is -0.835. The summed E-state index contributed by atoms with van der Waals surface area (Å²) in [7, 11) is 5.38. The minimum Gasteiger partial charge on any atom is -0.375 e. The van der Waals surface area contributed by atoms with Crippen molar-refractivity contribution >= 4 is 57.7 Å². The minimum atomic E-state index is -1.08. The van der Waals surface area contributed by atoms with Crippen LogP contribution in [0.1, 0.15) is 83.0 Å². The third-order valence-corrected chi connectivity index (χ3v) is 13.7. The number of allylic oxidation sites excluding steroid dienone is 1. The molecule has 2 fully saturated rings. The Kier molecular flexibility index (Phi) is 13.7. The van der Waals surface area contributed by atoms with Gasteiger partial charge in [-0.05, 0) is 68.7 Å². The number of hydrazine groups is 1. The quantitative estimate of drug-likeness (QED) is 0.274. The Balaban J connectivity index is 1.25. The van der Waals surface area contributed by atoms with Gasteiger partial charge in [-0.15, -0.1) is 11.3 Å². The van der Waals surface area contributed by atoms with Gasteiger partial charge in [-0.1, -0.05) is 40.3 Å². The maximum atomic E-state index is 14.6. The lowest BCUT2D eigenvalue weighted by atomic mass is 9.83. The molecule has 0 unspecified atom stereocenters. The Morgan fingerprint density at radius 2 is 1.97 bits per heavy atom. The van der Waals surface area contributed by atoms with Gasteiger partial charge in [0.15, 0.2) is 6.61 Å². The molecule has 7 rings (SSSR count). The summed E-state index contributed by atoms with van der Waals surface area (Å²) in [6.07, 6.45) is 5.84. The number of aryl methyl sites for hydroxylation is 1. The molecule has 2 N–H and O–H groups in total. The van der Waals surface area contributed by atoms with E-state index in [2.05, 4.69) is 61.0 Å². The van der Waals surface area contributed by atoms with Crippen LogP contribution in [0, 0.1) is 22.2 Å². The average molecular weight is 885 g/mol. The number of hydrogen-bond acceptors (Lipinski definition) is 11. The highest BCUT2D eigenvalue weighted by atomic mass is 32.1. The molecule has 1 aromatic carbocycles. The fourth-order valence-corrected chi connectivity index (χ4v) is 10.3. The number of hydrogen-bond donors (Lipinski definition) is 2. The number of benzene rings is 1. The molecule has 6 bridgehead atoms. The molecule has 6 heterocycles. The first kappa shape index (κ1) is 45.8. The number of fused-ring (bicyclic) bond motifs is 6. The van der Waals surface area contributed by atoms with Gasteiger partial charge in [0.2, 0.25) is 22.6 Å². The van der Waals surface area contributed by atoms with E-state index in [-0.39, 0.29) is 43.4 Å². The highest BCUT2D eigenvalue weighted by molar-refractivity contribution is 7.10. The van der Waals surface area contributed by atoms with Crippen molar-refractivity contribution in [1.82, 2.24) is 35.1 Å². The van der Waals surface area contributed by atoms with Crippen LogP contribution in [-0.2, 0) is 48.6 Å². The molecule has 0 radical (unpaired) electrons. The molecule has 4 aliphatic rings. The lowest BCUT2D eigenvalue weighted by Crippen LogP contribution is -2.62. The molecule has 0 spiro atoms. The number of ether oxygens (including phenoxy) is 1. The second-order valence-corrected chi connectivity index (χ2v) is 19.3. The Labute approximate surface area is 373 Å². The number of rotatable bonds is 9. The van der Waals surface area contributed by atoms with Crippen LogP contribution in [0.25, 0.3) is 27.7 Å². The summed E-state index contributed by atoms with van der Waals surface area (Å²) in [5, 5.41) is 8.07. The molecule has 338 valence electrons. The van der Waals surface area contributed by atoms with E-state index >= 15 is 0 Å². The molecule has 4 aliphatic heterocycles. The summed E-state index contributed by atoms with van der Waals surface area (Å²) >= 11 is 1.41. The summed E-state index contributed by atoms with van der Waals surface area (Å²) in [5.41, 5.74) is 9.52. The summed E-state index contributed by atoms with van der Waals surface area (Å²) in [5.74, 6) is -2.18. The van der Waals surface area contributed by atoms with Crippen LogP contribution in [0.15, 0.2) is 46.9 Å². The Hall–Kier alpha value is -5.26. The largest absolute Gasteiger partial charge is 0.375 e. The minimum absolute atomic E-state index is 0.0751. The number of aromatic nitrogens is 2. The average Bonchev–Trinajstić information content (AvgIpc) is 4.02. The third-order valence-electron chi connectivity index (χ3n) is 12.8. The second kappa shape index (κ2) is 18.8. The molecule has 63 heavy (non-hydrogen) atoms. The fraction of sp³-hybridized carbons (Fsp3) is 0.565. The van der Waals surface area contributed by atoms with Crippen molar-refractivity contribution in [3.63, 3.8) is 0 Å². The van der Waals surface area contributed by atoms with Crippen molar-refractivity contribution in [1.29, 1.82) is 0 Å². The monoisotopic (exact) mass is 884 g/mol. The topological polar surface area (TPSA) is 171 Å². The van der Waals surface area contributed by atoms with E-state index in [1.54, 1.807) is 19.1 Å². The van der Waals surface area contributed by atoms with Gasteiger partial charge in [0.25, 0.3) is 5.91 Å². The van der Waals surface area contributed by atoms with E-state index < -0.39 is 41.4 Å².